The van der Waals surface area contributed by atoms with Crippen LogP contribution in [0.25, 0.3) is 11.3 Å². The highest BCUT2D eigenvalue weighted by Crippen LogP contribution is 2.14. The average Bonchev–Trinajstić information content (AvgIpc) is 3.25. The van der Waals surface area contributed by atoms with Crippen LogP contribution in [0.4, 0.5) is 0 Å². The van der Waals surface area contributed by atoms with Crippen molar-refractivity contribution < 1.29 is 9.53 Å². The number of nitrogens with zero attached hydrogens (tertiary/aromatic N) is 4. The number of carbonyl (C=O) groups excluding carboxylic acids is 1. The van der Waals surface area contributed by atoms with E-state index in [-0.39, 0.29) is 23.5 Å². The third kappa shape index (κ3) is 4.85. The second-order valence-electron chi connectivity index (χ2n) is 7.42. The van der Waals surface area contributed by atoms with Gasteiger partial charge in [-0.25, -0.2) is 0 Å². The van der Waals surface area contributed by atoms with Crippen LogP contribution in [0.2, 0.25) is 0 Å². The van der Waals surface area contributed by atoms with Crippen molar-refractivity contribution in [3.05, 3.63) is 88.7 Å². The van der Waals surface area contributed by atoms with Gasteiger partial charge in [0.15, 0.2) is 0 Å². The van der Waals surface area contributed by atoms with Crippen molar-refractivity contribution >= 4 is 11.6 Å². The third-order valence-electron chi connectivity index (χ3n) is 5.27. The molecule has 0 radical (unpaired) electrons. The monoisotopic (exact) mass is 431 g/mol. The number of hydrogen-bond donors (Lipinski definition) is 1. The predicted molar refractivity (Wildman–Crippen MR) is 121 cm³/mol. The smallest absolute Gasteiger partial charge is 0.300 e. The predicted octanol–water partition coefficient (Wildman–Crippen LogP) is 2.57. The van der Waals surface area contributed by atoms with Gasteiger partial charge in [0.05, 0.1) is 7.11 Å². The molecule has 0 unspecified atom stereocenters. The van der Waals surface area contributed by atoms with Crippen LogP contribution in [0, 0.1) is 0 Å². The summed E-state index contributed by atoms with van der Waals surface area (Å²) in [6, 6.07) is 17.4. The van der Waals surface area contributed by atoms with E-state index < -0.39 is 0 Å². The molecule has 0 aliphatic heterocycles. The average molecular weight is 431 g/mol. The molecule has 0 spiro atoms. The number of hydrogen-bond acceptors (Lipinski definition) is 5. The highest BCUT2D eigenvalue weighted by Gasteiger charge is 2.13. The summed E-state index contributed by atoms with van der Waals surface area (Å²) in [4.78, 5) is 25.1. The van der Waals surface area contributed by atoms with E-state index in [9.17, 15) is 9.59 Å². The largest absolute Gasteiger partial charge is 0.497 e. The molecule has 32 heavy (non-hydrogen) atoms. The van der Waals surface area contributed by atoms with Gasteiger partial charge >= 0.3 is 5.56 Å². The molecule has 0 bridgehead atoms. The van der Waals surface area contributed by atoms with Gasteiger partial charge in [0.2, 0.25) is 11.6 Å². The first-order valence-electron chi connectivity index (χ1n) is 10.6. The van der Waals surface area contributed by atoms with Gasteiger partial charge in [-0.15, -0.1) is 10.2 Å². The number of ether oxygens (including phenoxy) is 1. The Kier molecular flexibility index (Phi) is 6.60. The second kappa shape index (κ2) is 9.91. The molecule has 164 valence electrons. The lowest BCUT2D eigenvalue weighted by molar-refractivity contribution is -0.121. The van der Waals surface area contributed by atoms with E-state index in [4.69, 9.17) is 4.74 Å². The van der Waals surface area contributed by atoms with Crippen LogP contribution in [0.1, 0.15) is 24.2 Å². The number of nitrogens with one attached hydrogen (secondary N) is 1. The van der Waals surface area contributed by atoms with Crippen molar-refractivity contribution in [2.75, 3.05) is 13.7 Å². The number of carbonyl (C=O) groups is 1. The van der Waals surface area contributed by atoms with Crippen LogP contribution in [0.3, 0.4) is 0 Å². The molecular weight excluding hydrogens is 406 g/mol. The molecule has 2 aromatic heterocycles. The minimum atomic E-state index is -0.276. The fraction of sp³-hybridized carbons (Fsp3) is 0.250. The Bertz CT molecular complexity index is 1250. The Morgan fingerprint density at radius 3 is 2.53 bits per heavy atom. The maximum atomic E-state index is 12.9. The fourth-order valence-electron chi connectivity index (χ4n) is 3.53. The molecule has 1 N–H and O–H groups in total. The number of benzene rings is 2. The Hall–Kier alpha value is -3.94. The van der Waals surface area contributed by atoms with Gasteiger partial charge in [0, 0.05) is 37.5 Å². The van der Waals surface area contributed by atoms with Gasteiger partial charge in [-0.1, -0.05) is 30.3 Å². The Morgan fingerprint density at radius 2 is 1.78 bits per heavy atom. The number of amides is 1. The fourth-order valence-corrected chi connectivity index (χ4v) is 3.53. The van der Waals surface area contributed by atoms with Crippen LogP contribution in [0.15, 0.2) is 71.8 Å². The summed E-state index contributed by atoms with van der Waals surface area (Å²) in [5, 5.41) is 11.1. The van der Waals surface area contributed by atoms with Crippen molar-refractivity contribution in [3.63, 3.8) is 0 Å². The van der Waals surface area contributed by atoms with Crippen LogP contribution in [-0.4, -0.2) is 38.7 Å². The van der Waals surface area contributed by atoms with Gasteiger partial charge in [-0.05, 0) is 42.7 Å². The molecule has 0 aliphatic rings. The lowest BCUT2D eigenvalue weighted by atomic mass is 10.1. The van der Waals surface area contributed by atoms with Crippen molar-refractivity contribution in [3.8, 4) is 11.4 Å². The molecule has 8 heteroatoms. The molecule has 0 atom stereocenters. The third-order valence-corrected chi connectivity index (χ3v) is 5.27. The van der Waals surface area contributed by atoms with Crippen LogP contribution >= 0.6 is 0 Å². The number of aryl methyl sites for hydroxylation is 2. The normalized spacial score (nSPS) is 10.9. The first-order valence-corrected chi connectivity index (χ1v) is 10.6. The van der Waals surface area contributed by atoms with E-state index in [1.807, 2.05) is 18.2 Å². The van der Waals surface area contributed by atoms with Crippen LogP contribution in [-0.2, 0) is 17.6 Å². The molecule has 2 aromatic carbocycles. The zero-order chi connectivity index (χ0) is 22.3. The molecule has 8 nitrogen and oxygen atoms in total. The number of rotatable bonds is 9. The zero-order valence-electron chi connectivity index (χ0n) is 17.9. The Balaban J connectivity index is 1.35. The van der Waals surface area contributed by atoms with Crippen molar-refractivity contribution in [2.24, 2.45) is 0 Å². The number of methoxy groups -OCH3 is 1. The molecule has 4 aromatic rings. The molecule has 1 amide bonds. The lowest BCUT2D eigenvalue weighted by Crippen LogP contribution is -2.25. The second-order valence-corrected chi connectivity index (χ2v) is 7.42. The van der Waals surface area contributed by atoms with E-state index in [1.54, 1.807) is 48.2 Å². The Morgan fingerprint density at radius 1 is 1.00 bits per heavy atom. The lowest BCUT2D eigenvalue weighted by Gasteiger charge is -2.08. The van der Waals surface area contributed by atoms with Crippen LogP contribution < -0.4 is 15.6 Å². The summed E-state index contributed by atoms with van der Waals surface area (Å²) in [6.45, 7) is 0.626. The standard InChI is InChI=1S/C24H25N5O3/c1-32-20-11-9-19(10-12-20)28-16-17-29-21(26-27-23(29)24(28)31)13-14-22(30)25-15-5-8-18-6-3-2-4-7-18/h2-4,6-7,9-12,16-17H,5,8,13-15H2,1H3,(H,25,30). The van der Waals surface area contributed by atoms with E-state index >= 15 is 0 Å². The van der Waals surface area contributed by atoms with Crippen molar-refractivity contribution in [1.82, 2.24) is 24.5 Å². The minimum Gasteiger partial charge on any atom is -0.497 e. The summed E-state index contributed by atoms with van der Waals surface area (Å²) in [7, 11) is 1.59. The maximum absolute atomic E-state index is 12.9. The summed E-state index contributed by atoms with van der Waals surface area (Å²) in [5.41, 5.74) is 1.91. The summed E-state index contributed by atoms with van der Waals surface area (Å²) < 4.78 is 8.31. The number of aromatic nitrogens is 4. The topological polar surface area (TPSA) is 90.5 Å². The van der Waals surface area contributed by atoms with Crippen molar-refractivity contribution in [1.29, 1.82) is 0 Å². The molecule has 2 heterocycles. The van der Waals surface area contributed by atoms with Gasteiger partial charge in [-0.3, -0.25) is 18.6 Å². The SMILES string of the molecule is COc1ccc(-n2ccn3c(CCC(=O)NCCCc4ccccc4)nnc3c2=O)cc1. The Labute approximate surface area is 185 Å². The molecule has 0 saturated carbocycles. The van der Waals surface area contributed by atoms with E-state index in [0.717, 1.165) is 12.8 Å². The summed E-state index contributed by atoms with van der Waals surface area (Å²) in [5.74, 6) is 1.26. The summed E-state index contributed by atoms with van der Waals surface area (Å²) >= 11 is 0. The first kappa shape index (κ1) is 21.3. The van der Waals surface area contributed by atoms with Gasteiger partial charge in [0.1, 0.15) is 11.6 Å². The van der Waals surface area contributed by atoms with Crippen molar-refractivity contribution in [2.45, 2.75) is 25.7 Å². The molecule has 0 aliphatic carbocycles. The van der Waals surface area contributed by atoms with E-state index in [0.29, 0.717) is 30.2 Å². The molecular formula is C24H25N5O3. The quantitative estimate of drug-likeness (QED) is 0.412. The zero-order valence-corrected chi connectivity index (χ0v) is 17.9. The highest BCUT2D eigenvalue weighted by molar-refractivity contribution is 5.76. The van der Waals surface area contributed by atoms with Crippen LogP contribution in [0.5, 0.6) is 5.75 Å². The summed E-state index contributed by atoms with van der Waals surface area (Å²) in [6.07, 6.45) is 5.91. The van der Waals surface area contributed by atoms with E-state index in [1.165, 1.54) is 10.1 Å². The number of fused-ring (bicyclic) bond motifs is 1. The maximum Gasteiger partial charge on any atom is 0.300 e. The molecule has 4 rings (SSSR count). The minimum absolute atomic E-state index is 0.0404. The first-order chi connectivity index (χ1) is 15.7. The molecule has 0 fully saturated rings. The van der Waals surface area contributed by atoms with Gasteiger partial charge in [-0.2, -0.15) is 0 Å². The van der Waals surface area contributed by atoms with Gasteiger partial charge < -0.3 is 10.1 Å². The van der Waals surface area contributed by atoms with Gasteiger partial charge in [0.25, 0.3) is 0 Å². The highest BCUT2D eigenvalue weighted by atomic mass is 16.5. The molecule has 0 saturated heterocycles. The van der Waals surface area contributed by atoms with E-state index in [2.05, 4.69) is 27.6 Å².